The van der Waals surface area contributed by atoms with E-state index in [1.165, 1.54) is 23.8 Å². The predicted octanol–water partition coefficient (Wildman–Crippen LogP) is 5.61. The monoisotopic (exact) mass is 495 g/mol. The van der Waals surface area contributed by atoms with Gasteiger partial charge in [-0.05, 0) is 43.4 Å². The Morgan fingerprint density at radius 1 is 1.26 bits per heavy atom. The number of carboxylic acids is 1. The van der Waals surface area contributed by atoms with Crippen molar-refractivity contribution in [2.45, 2.75) is 45.4 Å². The van der Waals surface area contributed by atoms with Crippen LogP contribution in [0.2, 0.25) is 0 Å². The van der Waals surface area contributed by atoms with Crippen molar-refractivity contribution in [3.8, 4) is 16.5 Å². The summed E-state index contributed by atoms with van der Waals surface area (Å²) in [6.07, 6.45) is 6.56. The van der Waals surface area contributed by atoms with Crippen LogP contribution in [-0.4, -0.2) is 41.2 Å². The maximum absolute atomic E-state index is 13.7. The highest BCUT2D eigenvalue weighted by Crippen LogP contribution is 2.43. The van der Waals surface area contributed by atoms with Gasteiger partial charge in [0.15, 0.2) is 0 Å². The molecule has 3 aromatic rings. The number of anilines is 1. The van der Waals surface area contributed by atoms with Crippen molar-refractivity contribution >= 4 is 33.8 Å². The van der Waals surface area contributed by atoms with Gasteiger partial charge in [-0.15, -0.1) is 11.3 Å². The Bertz CT molecular complexity index is 1230. The standard InChI is InChI=1S/C26H29N3O5S/c1-16-19(20(30)22(27)26(25(31)32)11-6-3-7-12-26)24(35-21(16)23-28-14-15-34-23)29-13-10-17-8-4-5-9-18(17)33-2/h4-5,8-9,14-15,27,29H,3,6-7,10-13H2,1-2H3,(H,31,32). The van der Waals surface area contributed by atoms with E-state index in [1.807, 2.05) is 24.3 Å². The fraction of sp³-hybridized carbons (Fsp3) is 0.385. The van der Waals surface area contributed by atoms with E-state index in [1.54, 1.807) is 14.0 Å². The molecule has 8 nitrogen and oxygen atoms in total. The van der Waals surface area contributed by atoms with Crippen LogP contribution in [0.5, 0.6) is 5.75 Å². The van der Waals surface area contributed by atoms with Gasteiger partial charge in [-0.3, -0.25) is 9.59 Å². The third-order valence-corrected chi connectivity index (χ3v) is 7.93. The van der Waals surface area contributed by atoms with Crippen LogP contribution in [-0.2, 0) is 11.2 Å². The van der Waals surface area contributed by atoms with E-state index in [4.69, 9.17) is 14.6 Å². The molecular weight excluding hydrogens is 466 g/mol. The maximum atomic E-state index is 13.7. The quantitative estimate of drug-likeness (QED) is 0.246. The summed E-state index contributed by atoms with van der Waals surface area (Å²) in [5.41, 5.74) is 0.179. The smallest absolute Gasteiger partial charge is 0.315 e. The van der Waals surface area contributed by atoms with E-state index in [0.717, 1.165) is 17.7 Å². The molecule has 1 aromatic carbocycles. The summed E-state index contributed by atoms with van der Waals surface area (Å²) >= 11 is 1.33. The lowest BCUT2D eigenvalue weighted by atomic mass is 9.69. The van der Waals surface area contributed by atoms with Crippen LogP contribution in [0.1, 0.15) is 53.6 Å². The molecule has 3 N–H and O–H groups in total. The van der Waals surface area contributed by atoms with Crippen molar-refractivity contribution < 1.29 is 23.8 Å². The third-order valence-electron chi connectivity index (χ3n) is 6.69. The van der Waals surface area contributed by atoms with E-state index in [0.29, 0.717) is 65.5 Å². The second-order valence-electron chi connectivity index (χ2n) is 8.74. The van der Waals surface area contributed by atoms with Crippen molar-refractivity contribution in [3.63, 3.8) is 0 Å². The Kier molecular flexibility index (Phi) is 7.35. The number of oxazole rings is 1. The number of benzene rings is 1. The predicted molar refractivity (Wildman–Crippen MR) is 135 cm³/mol. The molecule has 184 valence electrons. The summed E-state index contributed by atoms with van der Waals surface area (Å²) in [4.78, 5) is 30.9. The number of thiophene rings is 1. The number of rotatable bonds is 10. The highest BCUT2D eigenvalue weighted by molar-refractivity contribution is 7.20. The van der Waals surface area contributed by atoms with Crippen LogP contribution >= 0.6 is 11.3 Å². The number of nitrogens with one attached hydrogen (secondary N) is 2. The number of ether oxygens (including phenoxy) is 1. The Labute approximate surface area is 207 Å². The largest absolute Gasteiger partial charge is 0.496 e. The van der Waals surface area contributed by atoms with Gasteiger partial charge in [0.25, 0.3) is 0 Å². The van der Waals surface area contributed by atoms with E-state index < -0.39 is 17.2 Å². The molecule has 4 rings (SSSR count). The van der Waals surface area contributed by atoms with Crippen LogP contribution in [0.3, 0.4) is 0 Å². The minimum atomic E-state index is -1.44. The van der Waals surface area contributed by atoms with Gasteiger partial charge >= 0.3 is 5.97 Å². The van der Waals surface area contributed by atoms with Crippen LogP contribution in [0.15, 0.2) is 41.1 Å². The van der Waals surface area contributed by atoms with E-state index >= 15 is 0 Å². The van der Waals surface area contributed by atoms with Gasteiger partial charge in [-0.25, -0.2) is 4.98 Å². The molecule has 1 aliphatic carbocycles. The number of ketones is 1. The molecule has 2 heterocycles. The van der Waals surface area contributed by atoms with Crippen molar-refractivity contribution in [2.75, 3.05) is 19.0 Å². The van der Waals surface area contributed by atoms with Crippen LogP contribution in [0, 0.1) is 17.7 Å². The minimum absolute atomic E-state index is 0.305. The molecule has 0 unspecified atom stereocenters. The molecular formula is C26H29N3O5S. The summed E-state index contributed by atoms with van der Waals surface area (Å²) in [5.74, 6) is -0.477. The highest BCUT2D eigenvalue weighted by Gasteiger charge is 2.47. The Morgan fingerprint density at radius 2 is 2.00 bits per heavy atom. The fourth-order valence-corrected chi connectivity index (χ4v) is 5.91. The molecule has 2 aromatic heterocycles. The summed E-state index contributed by atoms with van der Waals surface area (Å²) in [5, 5.41) is 22.7. The second-order valence-corrected chi connectivity index (χ2v) is 9.76. The lowest BCUT2D eigenvalue weighted by Gasteiger charge is -2.33. The number of carbonyl (C=O) groups is 2. The molecule has 0 aliphatic heterocycles. The second kappa shape index (κ2) is 10.4. The molecule has 0 atom stereocenters. The SMILES string of the molecule is COc1ccccc1CCNc1sc(-c2ncco2)c(C)c1C(=O)C(=N)C1(C(=O)O)CCCCC1. The van der Waals surface area contributed by atoms with E-state index in [9.17, 15) is 14.7 Å². The van der Waals surface area contributed by atoms with Crippen LogP contribution in [0.25, 0.3) is 10.8 Å². The topological polar surface area (TPSA) is 126 Å². The first-order chi connectivity index (χ1) is 16.9. The number of aromatic nitrogens is 1. The third kappa shape index (κ3) is 4.73. The van der Waals surface area contributed by atoms with Gasteiger partial charge in [0, 0.05) is 6.54 Å². The van der Waals surface area contributed by atoms with Crippen molar-refractivity contribution in [1.29, 1.82) is 5.41 Å². The lowest BCUT2D eigenvalue weighted by molar-refractivity contribution is -0.146. The highest BCUT2D eigenvalue weighted by atomic mass is 32.1. The summed E-state index contributed by atoms with van der Waals surface area (Å²) in [7, 11) is 1.63. The Hall–Kier alpha value is -3.46. The zero-order chi connectivity index (χ0) is 25.0. The van der Waals surface area contributed by atoms with Gasteiger partial charge in [-0.1, -0.05) is 37.5 Å². The Morgan fingerprint density at radius 3 is 2.66 bits per heavy atom. The zero-order valence-corrected chi connectivity index (χ0v) is 20.7. The normalized spacial score (nSPS) is 14.9. The molecule has 0 radical (unpaired) electrons. The molecule has 0 saturated heterocycles. The number of hydrogen-bond acceptors (Lipinski definition) is 8. The van der Waals surface area contributed by atoms with E-state index in [-0.39, 0.29) is 5.71 Å². The minimum Gasteiger partial charge on any atom is -0.496 e. The van der Waals surface area contributed by atoms with E-state index in [2.05, 4.69) is 10.3 Å². The van der Waals surface area contributed by atoms with Gasteiger partial charge in [-0.2, -0.15) is 0 Å². The molecule has 0 bridgehead atoms. The molecule has 1 saturated carbocycles. The van der Waals surface area contributed by atoms with Gasteiger partial charge in [0.1, 0.15) is 22.4 Å². The van der Waals surface area contributed by atoms with Crippen molar-refractivity contribution in [2.24, 2.45) is 5.41 Å². The molecule has 0 spiro atoms. The molecule has 1 aliphatic rings. The summed E-state index contributed by atoms with van der Waals surface area (Å²) in [6.45, 7) is 2.30. The van der Waals surface area contributed by atoms with Crippen LogP contribution < -0.4 is 10.1 Å². The van der Waals surface area contributed by atoms with Gasteiger partial charge < -0.3 is 25.0 Å². The number of carbonyl (C=O) groups excluding carboxylic acids is 1. The number of methoxy groups -OCH3 is 1. The summed E-state index contributed by atoms with van der Waals surface area (Å²) < 4.78 is 10.9. The first-order valence-electron chi connectivity index (χ1n) is 11.6. The number of carboxylic acid groups (broad SMARTS) is 1. The molecule has 1 fully saturated rings. The number of Topliss-reactive ketones (excluding diaryl/α,β-unsaturated/α-hetero) is 1. The van der Waals surface area contributed by atoms with Crippen molar-refractivity contribution in [3.05, 3.63) is 53.4 Å². The lowest BCUT2D eigenvalue weighted by Crippen LogP contribution is -2.44. The molecule has 0 amide bonds. The average Bonchev–Trinajstić information content (AvgIpc) is 3.51. The van der Waals surface area contributed by atoms with Gasteiger partial charge in [0.2, 0.25) is 11.7 Å². The molecule has 35 heavy (non-hydrogen) atoms. The average molecular weight is 496 g/mol. The van der Waals surface area contributed by atoms with Crippen LogP contribution in [0.4, 0.5) is 5.00 Å². The van der Waals surface area contributed by atoms with Crippen molar-refractivity contribution in [1.82, 2.24) is 4.98 Å². The first kappa shape index (κ1) is 24.7. The fourth-order valence-electron chi connectivity index (χ4n) is 4.74. The maximum Gasteiger partial charge on any atom is 0.315 e. The number of para-hydroxylation sites is 1. The van der Waals surface area contributed by atoms with Gasteiger partial charge in [0.05, 0.1) is 29.5 Å². The summed E-state index contributed by atoms with van der Waals surface area (Å²) in [6, 6.07) is 7.74. The first-order valence-corrected chi connectivity index (χ1v) is 12.5. The number of hydrogen-bond donors (Lipinski definition) is 3. The number of nitrogens with zero attached hydrogens (tertiary/aromatic N) is 1. The zero-order valence-electron chi connectivity index (χ0n) is 19.8. The Balaban J connectivity index is 1.66. The molecule has 9 heteroatoms. The number of aliphatic carboxylic acids is 1.